The number of aliphatic hydroxyl groups is 2. The minimum absolute atomic E-state index is 0.0653. The lowest BCUT2D eigenvalue weighted by Crippen LogP contribution is -2.60. The first-order valence-corrected chi connectivity index (χ1v) is 10.7. The Bertz CT molecular complexity index is 854. The van der Waals surface area contributed by atoms with Crippen LogP contribution in [-0.2, 0) is 21.4 Å². The van der Waals surface area contributed by atoms with Crippen LogP contribution < -0.4 is 4.74 Å². The van der Waals surface area contributed by atoms with Gasteiger partial charge in [0.2, 0.25) is 0 Å². The van der Waals surface area contributed by atoms with Gasteiger partial charge in [0.05, 0.1) is 0 Å². The second kappa shape index (κ2) is 8.13. The lowest BCUT2D eigenvalue weighted by molar-refractivity contribution is -0.164. The largest absolute Gasteiger partial charge is 0.479 e. The van der Waals surface area contributed by atoms with Gasteiger partial charge in [-0.25, -0.2) is 9.59 Å². The minimum atomic E-state index is -2.22. The van der Waals surface area contributed by atoms with Crippen molar-refractivity contribution in [2.24, 2.45) is 5.92 Å². The molecule has 1 saturated carbocycles. The number of benzene rings is 1. The van der Waals surface area contributed by atoms with E-state index in [0.717, 1.165) is 32.4 Å². The molecule has 2 bridgehead atoms. The van der Waals surface area contributed by atoms with Crippen LogP contribution in [0.3, 0.4) is 0 Å². The number of hydrogen-bond acceptors (Lipinski definition) is 6. The molecule has 0 radical (unpaired) electrons. The van der Waals surface area contributed by atoms with E-state index in [0.29, 0.717) is 12.0 Å². The van der Waals surface area contributed by atoms with E-state index < -0.39 is 24.1 Å². The number of carboxylic acids is 1. The summed E-state index contributed by atoms with van der Waals surface area (Å²) >= 11 is 0. The fraction of sp³-hybridized carbons (Fsp3) is 0.565. The zero-order valence-corrected chi connectivity index (χ0v) is 17.0. The highest BCUT2D eigenvalue weighted by molar-refractivity contribution is 5.85. The highest BCUT2D eigenvalue weighted by Crippen LogP contribution is 2.56. The first-order chi connectivity index (χ1) is 14.4. The third kappa shape index (κ3) is 3.45. The Hall–Kier alpha value is -2.22. The maximum atomic E-state index is 12.1. The quantitative estimate of drug-likeness (QED) is 0.368. The normalized spacial score (nSPS) is 29.8. The molecule has 3 aliphatic rings. The zero-order chi connectivity index (χ0) is 21.5. The molecular formula is C23H29NO6. The number of aliphatic hydroxyl groups excluding tert-OH is 2. The van der Waals surface area contributed by atoms with Crippen LogP contribution in [0.25, 0.3) is 0 Å². The molecule has 1 aromatic carbocycles. The van der Waals surface area contributed by atoms with Crippen LogP contribution in [0.1, 0.15) is 43.2 Å². The number of carboxylic acid groups (broad SMARTS) is 1. The SMILES string of the molecule is C=CCN1CC[C@]23CCCC[C@H]2[C@H]1Cc1ccc(OC(=O)C(O)C(O)C(=O)O)cc13. The molecule has 3 N–H and O–H groups in total. The monoisotopic (exact) mass is 415 g/mol. The standard InChI is InChI=1S/C23H29NO6/c1-2-10-24-11-9-23-8-4-3-5-16(23)18(24)12-14-6-7-15(13-17(14)23)30-22(29)20(26)19(25)21(27)28/h2,6-7,13,16,18-20,25-26H,1,3-5,8-12H2,(H,27,28)/t16-,18+,19?,20?,23+/m0/s1. The van der Waals surface area contributed by atoms with Crippen LogP contribution in [0, 0.1) is 5.92 Å². The Labute approximate surface area is 176 Å². The first-order valence-electron chi connectivity index (χ1n) is 10.7. The van der Waals surface area contributed by atoms with Crippen LogP contribution in [0.5, 0.6) is 5.75 Å². The van der Waals surface area contributed by atoms with Crippen LogP contribution in [0.2, 0.25) is 0 Å². The van der Waals surface area contributed by atoms with Crippen LogP contribution in [0.15, 0.2) is 30.9 Å². The molecule has 1 heterocycles. The van der Waals surface area contributed by atoms with Crippen molar-refractivity contribution in [1.29, 1.82) is 0 Å². The molecule has 2 fully saturated rings. The predicted molar refractivity (Wildman–Crippen MR) is 109 cm³/mol. The molecule has 7 nitrogen and oxygen atoms in total. The number of aliphatic carboxylic acids is 1. The van der Waals surface area contributed by atoms with Crippen molar-refractivity contribution in [1.82, 2.24) is 4.90 Å². The number of carbonyl (C=O) groups excluding carboxylic acids is 1. The highest BCUT2D eigenvalue weighted by Gasteiger charge is 2.53. The second-order valence-electron chi connectivity index (χ2n) is 8.78. The van der Waals surface area contributed by atoms with Crippen LogP contribution in [-0.4, -0.2) is 63.5 Å². The highest BCUT2D eigenvalue weighted by atomic mass is 16.6. The van der Waals surface area contributed by atoms with Gasteiger partial charge in [0, 0.05) is 18.0 Å². The second-order valence-corrected chi connectivity index (χ2v) is 8.78. The van der Waals surface area contributed by atoms with Gasteiger partial charge in [-0.05, 0) is 61.4 Å². The topological polar surface area (TPSA) is 107 Å². The maximum absolute atomic E-state index is 12.1. The summed E-state index contributed by atoms with van der Waals surface area (Å²) in [5, 5.41) is 27.9. The van der Waals surface area contributed by atoms with Gasteiger partial charge in [0.25, 0.3) is 0 Å². The van der Waals surface area contributed by atoms with Crippen molar-refractivity contribution < 1.29 is 29.6 Å². The molecule has 5 atom stereocenters. The van der Waals surface area contributed by atoms with Crippen LogP contribution in [0.4, 0.5) is 0 Å². The maximum Gasteiger partial charge on any atom is 0.343 e. The number of rotatable bonds is 6. The summed E-state index contributed by atoms with van der Waals surface area (Å²) < 4.78 is 5.25. The number of ether oxygens (including phenoxy) is 1. The molecule has 4 rings (SSSR count). The Balaban J connectivity index is 1.63. The van der Waals surface area contributed by atoms with Crippen molar-refractivity contribution in [3.8, 4) is 5.75 Å². The molecular weight excluding hydrogens is 386 g/mol. The Kier molecular flexibility index (Phi) is 5.70. The van der Waals surface area contributed by atoms with E-state index in [1.165, 1.54) is 30.4 Å². The summed E-state index contributed by atoms with van der Waals surface area (Å²) in [5.74, 6) is -2.01. The van der Waals surface area contributed by atoms with E-state index >= 15 is 0 Å². The van der Waals surface area contributed by atoms with Crippen molar-refractivity contribution in [2.75, 3.05) is 13.1 Å². The van der Waals surface area contributed by atoms with Gasteiger partial charge < -0.3 is 20.1 Å². The predicted octanol–water partition coefficient (Wildman–Crippen LogP) is 1.64. The summed E-state index contributed by atoms with van der Waals surface area (Å²) in [6.07, 6.45) is 4.33. The van der Waals surface area contributed by atoms with E-state index in [1.54, 1.807) is 6.07 Å². The van der Waals surface area contributed by atoms with Crippen molar-refractivity contribution in [2.45, 2.75) is 62.2 Å². The molecule has 162 valence electrons. The Morgan fingerprint density at radius 1 is 1.27 bits per heavy atom. The van der Waals surface area contributed by atoms with Crippen molar-refractivity contribution in [3.05, 3.63) is 42.0 Å². The fourth-order valence-corrected chi connectivity index (χ4v) is 5.96. The molecule has 0 spiro atoms. The van der Waals surface area contributed by atoms with Gasteiger partial charge >= 0.3 is 11.9 Å². The third-order valence-corrected chi connectivity index (χ3v) is 7.30. The minimum Gasteiger partial charge on any atom is -0.479 e. The summed E-state index contributed by atoms with van der Waals surface area (Å²) in [4.78, 5) is 25.5. The third-order valence-electron chi connectivity index (χ3n) is 7.30. The molecule has 2 aliphatic carbocycles. The van der Waals surface area contributed by atoms with E-state index in [1.807, 2.05) is 18.2 Å². The summed E-state index contributed by atoms with van der Waals surface area (Å²) in [6, 6.07) is 6.05. The first kappa shape index (κ1) is 21.0. The lowest BCUT2D eigenvalue weighted by atomic mass is 9.52. The number of carbonyl (C=O) groups is 2. The number of hydrogen-bond donors (Lipinski definition) is 3. The molecule has 1 aromatic rings. The molecule has 1 saturated heterocycles. The fourth-order valence-electron chi connectivity index (χ4n) is 5.96. The summed E-state index contributed by atoms with van der Waals surface area (Å²) in [5.41, 5.74) is 2.55. The Morgan fingerprint density at radius 2 is 2.07 bits per heavy atom. The number of esters is 1. The van der Waals surface area contributed by atoms with E-state index in [4.69, 9.17) is 9.84 Å². The number of piperidine rings is 1. The summed E-state index contributed by atoms with van der Waals surface area (Å²) in [7, 11) is 0. The van der Waals surface area contributed by atoms with Gasteiger partial charge in [0.1, 0.15) is 5.75 Å². The average molecular weight is 415 g/mol. The molecule has 0 amide bonds. The van der Waals surface area contributed by atoms with Gasteiger partial charge in [-0.15, -0.1) is 6.58 Å². The van der Waals surface area contributed by atoms with E-state index in [-0.39, 0.29) is 11.2 Å². The van der Waals surface area contributed by atoms with Gasteiger partial charge in [0.15, 0.2) is 12.2 Å². The number of fused-ring (bicyclic) bond motifs is 1. The van der Waals surface area contributed by atoms with Gasteiger partial charge in [-0.2, -0.15) is 0 Å². The van der Waals surface area contributed by atoms with Gasteiger partial charge in [-0.1, -0.05) is 25.0 Å². The number of nitrogens with zero attached hydrogens (tertiary/aromatic N) is 1. The molecule has 2 unspecified atom stereocenters. The number of likely N-dealkylation sites (tertiary alicyclic amines) is 1. The Morgan fingerprint density at radius 3 is 2.80 bits per heavy atom. The van der Waals surface area contributed by atoms with Gasteiger partial charge in [-0.3, -0.25) is 4.90 Å². The van der Waals surface area contributed by atoms with E-state index in [9.17, 15) is 19.8 Å². The van der Waals surface area contributed by atoms with Crippen molar-refractivity contribution >= 4 is 11.9 Å². The molecule has 0 aromatic heterocycles. The van der Waals surface area contributed by atoms with Crippen molar-refractivity contribution in [3.63, 3.8) is 0 Å². The van der Waals surface area contributed by atoms with Crippen LogP contribution >= 0.6 is 0 Å². The zero-order valence-electron chi connectivity index (χ0n) is 17.0. The molecule has 1 aliphatic heterocycles. The molecule has 7 heteroatoms. The lowest BCUT2D eigenvalue weighted by Gasteiger charge is -2.59. The summed E-state index contributed by atoms with van der Waals surface area (Å²) in [6.45, 7) is 5.83. The average Bonchev–Trinajstić information content (AvgIpc) is 2.74. The molecule has 30 heavy (non-hydrogen) atoms. The van der Waals surface area contributed by atoms with E-state index in [2.05, 4.69) is 11.5 Å². The smallest absolute Gasteiger partial charge is 0.343 e.